The molecule has 1 aromatic carbocycles. The molecule has 4 heterocycles. The average Bonchev–Trinajstić information content (AvgIpc) is 3.70. The highest BCUT2D eigenvalue weighted by Gasteiger charge is 2.45. The van der Waals surface area contributed by atoms with Crippen LogP contribution in [0, 0.1) is 5.41 Å². The number of aldehydes is 1. The lowest BCUT2D eigenvalue weighted by Gasteiger charge is -2.35. The van der Waals surface area contributed by atoms with Gasteiger partial charge in [0.05, 0.1) is 29.2 Å². The minimum Gasteiger partial charge on any atom is -0.473 e. The summed E-state index contributed by atoms with van der Waals surface area (Å²) >= 11 is 0. The first-order valence-electron chi connectivity index (χ1n) is 14.5. The number of ether oxygens (including phenoxy) is 2. The number of aromatic nitrogens is 6. The van der Waals surface area contributed by atoms with E-state index in [1.165, 1.54) is 30.7 Å². The van der Waals surface area contributed by atoms with Crippen LogP contribution in [-0.4, -0.2) is 61.5 Å². The van der Waals surface area contributed by atoms with Gasteiger partial charge in [0.25, 0.3) is 10.0 Å². The highest BCUT2D eigenvalue weighted by Crippen LogP contribution is 2.39. The summed E-state index contributed by atoms with van der Waals surface area (Å²) in [6, 6.07) is 9.97. The highest BCUT2D eigenvalue weighted by molar-refractivity contribution is 7.90. The second-order valence-corrected chi connectivity index (χ2v) is 13.9. The molecule has 1 aliphatic rings. The molecule has 13 heteroatoms. The van der Waals surface area contributed by atoms with Crippen molar-refractivity contribution in [1.82, 2.24) is 29.1 Å². The van der Waals surface area contributed by atoms with Gasteiger partial charge >= 0.3 is 5.97 Å². The van der Waals surface area contributed by atoms with Crippen molar-refractivity contribution < 1.29 is 27.5 Å². The Kier molecular flexibility index (Phi) is 7.73. The molecule has 12 nitrogen and oxygen atoms in total. The summed E-state index contributed by atoms with van der Waals surface area (Å²) in [5.41, 5.74) is 0.729. The number of H-pyrrole nitrogens is 1. The van der Waals surface area contributed by atoms with Gasteiger partial charge in [-0.1, -0.05) is 18.2 Å². The van der Waals surface area contributed by atoms with E-state index in [0.29, 0.717) is 35.8 Å². The summed E-state index contributed by atoms with van der Waals surface area (Å²) in [6.07, 6.45) is 11.3. The topological polar surface area (TPSA) is 159 Å². The van der Waals surface area contributed by atoms with Gasteiger partial charge in [0.1, 0.15) is 23.4 Å². The third-order valence-corrected chi connectivity index (χ3v) is 9.44. The Morgan fingerprint density at radius 1 is 1.07 bits per heavy atom. The Morgan fingerprint density at radius 3 is 2.49 bits per heavy atom. The summed E-state index contributed by atoms with van der Waals surface area (Å²) in [7, 11) is -3.99. The Morgan fingerprint density at radius 2 is 1.82 bits per heavy atom. The van der Waals surface area contributed by atoms with Crippen LogP contribution in [0.15, 0.2) is 78.5 Å². The van der Waals surface area contributed by atoms with E-state index >= 15 is 0 Å². The van der Waals surface area contributed by atoms with Crippen LogP contribution in [0.1, 0.15) is 46.5 Å². The molecule has 1 N–H and O–H groups in total. The Bertz CT molecular complexity index is 1960. The Balaban J connectivity index is 1.32. The Labute approximate surface area is 259 Å². The van der Waals surface area contributed by atoms with E-state index in [1.807, 2.05) is 6.07 Å². The average molecular weight is 629 g/mol. The van der Waals surface area contributed by atoms with Crippen LogP contribution >= 0.6 is 0 Å². The first-order chi connectivity index (χ1) is 21.5. The number of pyridine rings is 1. The number of hydrogen-bond acceptors (Lipinski definition) is 10. The molecule has 4 aromatic heterocycles. The quantitative estimate of drug-likeness (QED) is 0.141. The fourth-order valence-electron chi connectivity index (χ4n) is 5.42. The maximum atomic E-state index is 13.7. The lowest BCUT2D eigenvalue weighted by molar-refractivity contribution is -0.171. The molecule has 0 aliphatic heterocycles. The molecule has 0 bridgehead atoms. The SMILES string of the molecule is CC(C)(C)OC(=O)C1(C=O)CCC(Oc2cncc(-c3cn(S(=O)(=O)c4ccccc4)c4ncc(-c5cn[nH]c5)cc34)n2)CC1. The number of carbonyl (C=O) groups excluding carboxylic acids is 2. The summed E-state index contributed by atoms with van der Waals surface area (Å²) < 4.78 is 40.3. The van der Waals surface area contributed by atoms with Gasteiger partial charge in [-0.25, -0.2) is 22.4 Å². The number of rotatable bonds is 8. The van der Waals surface area contributed by atoms with Crippen LogP contribution in [0.2, 0.25) is 0 Å². The predicted octanol–water partition coefficient (Wildman–Crippen LogP) is 4.97. The van der Waals surface area contributed by atoms with Crippen molar-refractivity contribution in [2.75, 3.05) is 0 Å². The van der Waals surface area contributed by atoms with E-state index in [2.05, 4.69) is 25.1 Å². The molecule has 1 fully saturated rings. The van der Waals surface area contributed by atoms with Crippen LogP contribution < -0.4 is 4.74 Å². The standard InChI is InChI=1S/C32H32N6O6S/c1-31(2,3)44-30(40)32(20-39)11-9-23(10-12-32)43-28-18-33-17-27(37-28)26-19-38(45(41,42)24-7-5-4-6-8-24)29-25(26)13-21(14-34-29)22-15-35-36-16-22/h4-8,13-20,23H,9-12H2,1-3H3,(H,35,36). The van der Waals surface area contributed by atoms with Gasteiger partial charge in [-0.2, -0.15) is 5.10 Å². The molecule has 6 rings (SSSR count). The molecule has 1 aliphatic carbocycles. The second-order valence-electron chi connectivity index (χ2n) is 12.1. The number of nitrogens with one attached hydrogen (secondary N) is 1. The van der Waals surface area contributed by atoms with Crippen molar-refractivity contribution in [1.29, 1.82) is 0 Å². The molecule has 0 saturated heterocycles. The molecule has 232 valence electrons. The smallest absolute Gasteiger partial charge is 0.319 e. The van der Waals surface area contributed by atoms with E-state index in [1.54, 1.807) is 57.6 Å². The molecule has 5 aromatic rings. The second kappa shape index (κ2) is 11.5. The van der Waals surface area contributed by atoms with E-state index in [-0.39, 0.29) is 35.4 Å². The van der Waals surface area contributed by atoms with Crippen molar-refractivity contribution >= 4 is 33.3 Å². The van der Waals surface area contributed by atoms with Gasteiger partial charge in [-0.3, -0.25) is 14.9 Å². The van der Waals surface area contributed by atoms with Crippen molar-refractivity contribution in [3.8, 4) is 28.3 Å². The fourth-order valence-corrected chi connectivity index (χ4v) is 6.76. The highest BCUT2D eigenvalue weighted by atomic mass is 32.2. The molecule has 0 spiro atoms. The largest absolute Gasteiger partial charge is 0.473 e. The zero-order chi connectivity index (χ0) is 31.8. The van der Waals surface area contributed by atoms with Crippen LogP contribution in [0.3, 0.4) is 0 Å². The van der Waals surface area contributed by atoms with Gasteiger partial charge in [0.2, 0.25) is 5.88 Å². The molecule has 45 heavy (non-hydrogen) atoms. The van der Waals surface area contributed by atoms with Crippen molar-refractivity contribution in [3.05, 3.63) is 73.6 Å². The van der Waals surface area contributed by atoms with Crippen molar-refractivity contribution in [2.45, 2.75) is 63.1 Å². The van der Waals surface area contributed by atoms with Gasteiger partial charge in [0.15, 0.2) is 5.65 Å². The monoisotopic (exact) mass is 628 g/mol. The van der Waals surface area contributed by atoms with Gasteiger partial charge in [-0.15, -0.1) is 0 Å². The lowest BCUT2D eigenvalue weighted by Crippen LogP contribution is -2.43. The minimum absolute atomic E-state index is 0.118. The molecular weight excluding hydrogens is 596 g/mol. The first-order valence-corrected chi connectivity index (χ1v) is 15.9. The van der Waals surface area contributed by atoms with E-state index in [9.17, 15) is 18.0 Å². The molecular formula is C32H32N6O6S. The fraction of sp³-hybridized carbons (Fsp3) is 0.312. The van der Waals surface area contributed by atoms with E-state index in [4.69, 9.17) is 9.47 Å². The van der Waals surface area contributed by atoms with Gasteiger partial charge in [0, 0.05) is 40.7 Å². The number of esters is 1. The summed E-state index contributed by atoms with van der Waals surface area (Å²) in [5, 5.41) is 7.34. The molecule has 0 unspecified atom stereocenters. The number of benzene rings is 1. The molecule has 0 amide bonds. The Hall–Kier alpha value is -4.91. The van der Waals surface area contributed by atoms with E-state index in [0.717, 1.165) is 15.1 Å². The molecule has 0 radical (unpaired) electrons. The van der Waals surface area contributed by atoms with Crippen LogP contribution in [0.25, 0.3) is 33.4 Å². The third-order valence-electron chi connectivity index (χ3n) is 7.78. The third kappa shape index (κ3) is 5.95. The maximum Gasteiger partial charge on any atom is 0.319 e. The lowest BCUT2D eigenvalue weighted by atomic mass is 9.74. The number of hydrogen-bond donors (Lipinski definition) is 1. The van der Waals surface area contributed by atoms with E-state index < -0.39 is 27.0 Å². The summed E-state index contributed by atoms with van der Waals surface area (Å²) in [5.74, 6) is -0.283. The normalized spacial score (nSPS) is 18.9. The first kappa shape index (κ1) is 30.1. The number of carbonyl (C=O) groups is 2. The number of fused-ring (bicyclic) bond motifs is 1. The predicted molar refractivity (Wildman–Crippen MR) is 165 cm³/mol. The van der Waals surface area contributed by atoms with Crippen molar-refractivity contribution in [2.24, 2.45) is 5.41 Å². The summed E-state index contributed by atoms with van der Waals surface area (Å²) in [6.45, 7) is 5.31. The zero-order valence-corrected chi connectivity index (χ0v) is 25.8. The van der Waals surface area contributed by atoms with Crippen LogP contribution in [0.5, 0.6) is 5.88 Å². The number of nitrogens with zero attached hydrogens (tertiary/aromatic N) is 5. The van der Waals surface area contributed by atoms with Crippen molar-refractivity contribution in [3.63, 3.8) is 0 Å². The van der Waals surface area contributed by atoms with Gasteiger partial charge in [-0.05, 0) is 64.7 Å². The molecule has 1 saturated carbocycles. The number of aromatic amines is 1. The van der Waals surface area contributed by atoms with Crippen LogP contribution in [0.4, 0.5) is 0 Å². The maximum absolute atomic E-state index is 13.7. The van der Waals surface area contributed by atoms with Crippen LogP contribution in [-0.2, 0) is 24.3 Å². The molecule has 0 atom stereocenters. The summed E-state index contributed by atoms with van der Waals surface area (Å²) in [4.78, 5) is 38.5. The minimum atomic E-state index is -3.99. The van der Waals surface area contributed by atoms with Gasteiger partial charge < -0.3 is 14.3 Å². The zero-order valence-electron chi connectivity index (χ0n) is 25.0.